The number of aromatic nitrogens is 1. The quantitative estimate of drug-likeness (QED) is 0.389. The minimum atomic E-state index is -4.45. The molecule has 0 atom stereocenters. The summed E-state index contributed by atoms with van der Waals surface area (Å²) in [4.78, 5) is 33.4. The van der Waals surface area contributed by atoms with Crippen molar-refractivity contribution in [2.45, 2.75) is 6.18 Å². The Morgan fingerprint density at radius 2 is 1.71 bits per heavy atom. The number of hydrogen-bond acceptors (Lipinski definition) is 6. The highest BCUT2D eigenvalue weighted by molar-refractivity contribution is 5.93. The predicted molar refractivity (Wildman–Crippen MR) is 134 cm³/mol. The summed E-state index contributed by atoms with van der Waals surface area (Å²) in [7, 11) is 0. The second kappa shape index (κ2) is 10.4. The molecule has 1 aliphatic rings. The monoisotopic (exact) mass is 524 g/mol. The Hall–Kier alpha value is -4.54. The third-order valence-corrected chi connectivity index (χ3v) is 6.15. The van der Waals surface area contributed by atoms with Crippen LogP contribution in [0.25, 0.3) is 10.9 Å². The van der Waals surface area contributed by atoms with Gasteiger partial charge in [0.2, 0.25) is 0 Å². The van der Waals surface area contributed by atoms with Crippen molar-refractivity contribution in [3.8, 4) is 5.75 Å². The van der Waals surface area contributed by atoms with Crippen molar-refractivity contribution in [2.24, 2.45) is 0 Å². The van der Waals surface area contributed by atoms with Gasteiger partial charge in [0.25, 0.3) is 11.8 Å². The van der Waals surface area contributed by atoms with Crippen LogP contribution in [0.3, 0.4) is 0 Å². The number of carbonyl (C=O) groups excluding carboxylic acids is 2. The van der Waals surface area contributed by atoms with Crippen molar-refractivity contribution < 1.29 is 31.9 Å². The van der Waals surface area contributed by atoms with E-state index in [-0.39, 0.29) is 18.2 Å². The lowest BCUT2D eigenvalue weighted by Crippen LogP contribution is -2.49. The van der Waals surface area contributed by atoms with E-state index in [1.165, 1.54) is 18.4 Å². The number of halogens is 3. The zero-order valence-electron chi connectivity index (χ0n) is 20.1. The van der Waals surface area contributed by atoms with Crippen LogP contribution in [0.1, 0.15) is 16.1 Å². The molecule has 1 N–H and O–H groups in total. The van der Waals surface area contributed by atoms with Crippen LogP contribution in [0.2, 0.25) is 0 Å². The number of fused-ring (bicyclic) bond motifs is 1. The Morgan fingerprint density at radius 1 is 0.947 bits per heavy atom. The number of nitrogens with one attached hydrogen (secondary N) is 1. The molecule has 0 radical (unpaired) electrons. The van der Waals surface area contributed by atoms with Gasteiger partial charge in [-0.3, -0.25) is 9.59 Å². The van der Waals surface area contributed by atoms with E-state index in [0.29, 0.717) is 49.0 Å². The van der Waals surface area contributed by atoms with Crippen LogP contribution >= 0.6 is 0 Å². The van der Waals surface area contributed by atoms with Crippen LogP contribution in [0.15, 0.2) is 77.4 Å². The topological polar surface area (TPSA) is 87.9 Å². The second-order valence-corrected chi connectivity index (χ2v) is 8.67. The molecule has 196 valence electrons. The summed E-state index contributed by atoms with van der Waals surface area (Å²) in [6.45, 7) is 1.86. The second-order valence-electron chi connectivity index (χ2n) is 8.67. The Kier molecular flexibility index (Phi) is 6.91. The van der Waals surface area contributed by atoms with Crippen molar-refractivity contribution in [1.29, 1.82) is 0 Å². The van der Waals surface area contributed by atoms with Crippen molar-refractivity contribution in [3.05, 3.63) is 84.3 Å². The molecule has 4 aromatic rings. The fraction of sp³-hybridized carbons (Fsp3) is 0.222. The fourth-order valence-electron chi connectivity index (χ4n) is 4.18. The molecule has 0 bridgehead atoms. The van der Waals surface area contributed by atoms with Gasteiger partial charge < -0.3 is 24.3 Å². The number of ether oxygens (including phenoxy) is 1. The standard InChI is InChI=1S/C27H23F3N4O4/c28-27(29,30)19-7-9-20(10-8-19)31-24(35)17-38-21-4-1-3-18-6-11-23(32-25(18)21)33-12-14-34(15-13-33)26(36)22-5-2-16-37-22/h1-11,16H,12-15,17H2,(H,31,35). The number of furan rings is 1. The Balaban J connectivity index is 1.22. The summed E-state index contributed by atoms with van der Waals surface area (Å²) in [5.74, 6) is 0.763. The van der Waals surface area contributed by atoms with E-state index >= 15 is 0 Å². The van der Waals surface area contributed by atoms with E-state index in [2.05, 4.69) is 10.2 Å². The minimum Gasteiger partial charge on any atom is -0.481 e. The van der Waals surface area contributed by atoms with Gasteiger partial charge in [-0.1, -0.05) is 12.1 Å². The van der Waals surface area contributed by atoms with E-state index in [1.54, 1.807) is 29.2 Å². The third-order valence-electron chi connectivity index (χ3n) is 6.15. The number of para-hydroxylation sites is 1. The summed E-state index contributed by atoms with van der Waals surface area (Å²) in [5.41, 5.74) is 0.00550. The molecule has 0 saturated carbocycles. The molecule has 5 rings (SSSR count). The first kappa shape index (κ1) is 25.1. The number of pyridine rings is 1. The smallest absolute Gasteiger partial charge is 0.416 e. The van der Waals surface area contributed by atoms with Crippen molar-refractivity contribution in [1.82, 2.24) is 9.88 Å². The Morgan fingerprint density at radius 3 is 2.39 bits per heavy atom. The lowest BCUT2D eigenvalue weighted by molar-refractivity contribution is -0.137. The highest BCUT2D eigenvalue weighted by atomic mass is 19.4. The van der Waals surface area contributed by atoms with Gasteiger partial charge in [-0.05, 0) is 54.6 Å². The Labute approximate surface area is 215 Å². The number of rotatable bonds is 6. The number of nitrogens with zero attached hydrogens (tertiary/aromatic N) is 3. The molecule has 2 amide bonds. The summed E-state index contributed by atoms with van der Waals surface area (Å²) in [6, 6.07) is 16.7. The molecule has 0 spiro atoms. The van der Waals surface area contributed by atoms with E-state index in [0.717, 1.165) is 17.5 Å². The average molecular weight is 524 g/mol. The first-order valence-corrected chi connectivity index (χ1v) is 11.9. The SMILES string of the molecule is O=C(COc1cccc2ccc(N3CCN(C(=O)c4ccco4)CC3)nc12)Nc1ccc(C(F)(F)F)cc1. The number of amides is 2. The van der Waals surface area contributed by atoms with Crippen LogP contribution in [-0.2, 0) is 11.0 Å². The van der Waals surface area contributed by atoms with E-state index in [4.69, 9.17) is 14.1 Å². The maximum absolute atomic E-state index is 12.7. The summed E-state index contributed by atoms with van der Waals surface area (Å²) in [5, 5.41) is 3.35. The molecule has 38 heavy (non-hydrogen) atoms. The summed E-state index contributed by atoms with van der Waals surface area (Å²) in [6.07, 6.45) is -2.97. The number of alkyl halides is 3. The number of hydrogen-bond donors (Lipinski definition) is 1. The molecule has 0 unspecified atom stereocenters. The third kappa shape index (κ3) is 5.56. The first-order chi connectivity index (χ1) is 18.3. The minimum absolute atomic E-state index is 0.147. The number of anilines is 2. The van der Waals surface area contributed by atoms with Crippen LogP contribution < -0.4 is 15.0 Å². The molecule has 1 fully saturated rings. The van der Waals surface area contributed by atoms with E-state index in [9.17, 15) is 22.8 Å². The van der Waals surface area contributed by atoms with Crippen LogP contribution in [-0.4, -0.2) is 54.5 Å². The molecule has 1 aliphatic heterocycles. The highest BCUT2D eigenvalue weighted by Gasteiger charge is 2.30. The lowest BCUT2D eigenvalue weighted by atomic mass is 10.2. The molecule has 0 aliphatic carbocycles. The van der Waals surface area contributed by atoms with Crippen LogP contribution in [0.5, 0.6) is 5.75 Å². The first-order valence-electron chi connectivity index (χ1n) is 11.9. The number of piperazine rings is 1. The van der Waals surface area contributed by atoms with Crippen molar-refractivity contribution in [3.63, 3.8) is 0 Å². The predicted octanol–water partition coefficient (Wildman–Crippen LogP) is 4.83. The number of carbonyl (C=O) groups is 2. The molecule has 2 aromatic carbocycles. The van der Waals surface area contributed by atoms with Gasteiger partial charge in [-0.2, -0.15) is 13.2 Å². The largest absolute Gasteiger partial charge is 0.481 e. The summed E-state index contributed by atoms with van der Waals surface area (Å²) < 4.78 is 49.1. The maximum atomic E-state index is 12.7. The van der Waals surface area contributed by atoms with Gasteiger partial charge >= 0.3 is 6.18 Å². The molecule has 8 nitrogen and oxygen atoms in total. The normalized spacial score (nSPS) is 14.0. The lowest BCUT2D eigenvalue weighted by Gasteiger charge is -2.35. The van der Waals surface area contributed by atoms with Gasteiger partial charge in [0.05, 0.1) is 11.8 Å². The fourth-order valence-corrected chi connectivity index (χ4v) is 4.18. The maximum Gasteiger partial charge on any atom is 0.416 e. The Bertz CT molecular complexity index is 1430. The zero-order valence-corrected chi connectivity index (χ0v) is 20.1. The van der Waals surface area contributed by atoms with Gasteiger partial charge in [0.1, 0.15) is 17.1 Å². The molecular weight excluding hydrogens is 501 g/mol. The number of benzene rings is 2. The molecule has 11 heteroatoms. The zero-order chi connectivity index (χ0) is 26.7. The van der Waals surface area contributed by atoms with Crippen molar-refractivity contribution >= 4 is 34.2 Å². The van der Waals surface area contributed by atoms with Gasteiger partial charge in [0.15, 0.2) is 12.4 Å². The van der Waals surface area contributed by atoms with Gasteiger partial charge in [-0.25, -0.2) is 4.98 Å². The molecule has 2 aromatic heterocycles. The molecular formula is C27H23F3N4O4. The summed E-state index contributed by atoms with van der Waals surface area (Å²) >= 11 is 0. The molecule has 1 saturated heterocycles. The highest BCUT2D eigenvalue weighted by Crippen LogP contribution is 2.30. The van der Waals surface area contributed by atoms with Crippen LogP contribution in [0.4, 0.5) is 24.7 Å². The van der Waals surface area contributed by atoms with Crippen LogP contribution in [0, 0.1) is 0 Å². The van der Waals surface area contributed by atoms with Gasteiger partial charge in [0, 0.05) is 37.3 Å². The van der Waals surface area contributed by atoms with E-state index in [1.807, 2.05) is 18.2 Å². The van der Waals surface area contributed by atoms with E-state index < -0.39 is 17.6 Å². The average Bonchev–Trinajstić information content (AvgIpc) is 3.46. The molecule has 3 heterocycles. The van der Waals surface area contributed by atoms with Gasteiger partial charge in [-0.15, -0.1) is 0 Å². The van der Waals surface area contributed by atoms with Crippen molar-refractivity contribution in [2.75, 3.05) is 43.0 Å².